The van der Waals surface area contributed by atoms with Crippen LogP contribution in [-0.4, -0.2) is 7.05 Å². The van der Waals surface area contributed by atoms with E-state index in [1.54, 1.807) is 48.3 Å². The van der Waals surface area contributed by atoms with E-state index in [0.29, 0.717) is 16.4 Å². The van der Waals surface area contributed by atoms with Gasteiger partial charge in [0.2, 0.25) is 0 Å². The Labute approximate surface area is 104 Å². The molecule has 17 heavy (non-hydrogen) atoms. The molecule has 0 heterocycles. The monoisotopic (exact) mass is 250 g/mol. The number of hydrogen-bond acceptors (Lipinski definition) is 2. The number of rotatable bonds is 2. The molecule has 2 aromatic rings. The van der Waals surface area contributed by atoms with Crippen LogP contribution in [-0.2, 0) is 0 Å². The average molecular weight is 251 g/mol. The van der Waals surface area contributed by atoms with Gasteiger partial charge in [-0.05, 0) is 30.3 Å². The van der Waals surface area contributed by atoms with Crippen molar-refractivity contribution in [1.29, 1.82) is 0 Å². The number of hydrogen-bond donors (Lipinski definition) is 1. The lowest BCUT2D eigenvalue weighted by molar-refractivity contribution is 0.627. The molecule has 0 saturated carbocycles. The molecule has 2 aromatic carbocycles. The van der Waals surface area contributed by atoms with Gasteiger partial charge in [0, 0.05) is 12.1 Å². The van der Waals surface area contributed by atoms with Crippen LogP contribution in [0.1, 0.15) is 0 Å². The molecule has 0 bridgehead atoms. The van der Waals surface area contributed by atoms with Crippen molar-refractivity contribution in [2.45, 2.75) is 0 Å². The Hall–Kier alpha value is -1.74. The van der Waals surface area contributed by atoms with Crippen molar-refractivity contribution in [2.75, 3.05) is 17.7 Å². The highest BCUT2D eigenvalue weighted by Gasteiger charge is 2.11. The molecule has 0 unspecified atom stereocenters. The van der Waals surface area contributed by atoms with Crippen molar-refractivity contribution in [3.63, 3.8) is 0 Å². The molecular formula is C13H12ClFN2. The van der Waals surface area contributed by atoms with Crippen LogP contribution >= 0.6 is 11.6 Å². The van der Waals surface area contributed by atoms with Crippen molar-refractivity contribution in [3.05, 3.63) is 53.3 Å². The van der Waals surface area contributed by atoms with Crippen LogP contribution in [0.25, 0.3) is 0 Å². The highest BCUT2D eigenvalue weighted by molar-refractivity contribution is 6.31. The Morgan fingerprint density at radius 1 is 1.12 bits per heavy atom. The Bertz CT molecular complexity index is 543. The van der Waals surface area contributed by atoms with E-state index in [2.05, 4.69) is 0 Å². The van der Waals surface area contributed by atoms with E-state index >= 15 is 0 Å². The third kappa shape index (κ3) is 2.34. The molecule has 0 aromatic heterocycles. The van der Waals surface area contributed by atoms with Crippen molar-refractivity contribution >= 4 is 28.7 Å². The van der Waals surface area contributed by atoms with Crippen LogP contribution in [0.2, 0.25) is 5.02 Å². The fraction of sp³-hybridized carbons (Fsp3) is 0.0769. The molecule has 0 amide bonds. The lowest BCUT2D eigenvalue weighted by Gasteiger charge is -2.21. The maximum atomic E-state index is 13.6. The molecular weight excluding hydrogens is 239 g/mol. The molecule has 0 radical (unpaired) electrons. The van der Waals surface area contributed by atoms with Crippen molar-refractivity contribution in [1.82, 2.24) is 0 Å². The predicted octanol–water partition coefficient (Wildman–Crippen LogP) is 3.83. The number of nitrogens with two attached hydrogens (primary N) is 1. The second-order valence-electron chi connectivity index (χ2n) is 3.71. The van der Waals surface area contributed by atoms with Gasteiger partial charge in [0.25, 0.3) is 0 Å². The standard InChI is InChI=1S/C13H12ClFN2/c1-17(12-5-3-2-4-10(12)15)13-7-6-9(14)8-11(13)16/h2-8H,16H2,1H3. The minimum atomic E-state index is -0.288. The molecule has 2 rings (SSSR count). The SMILES string of the molecule is CN(c1ccc(Cl)cc1N)c1ccccc1F. The van der Waals surface area contributed by atoms with E-state index in [-0.39, 0.29) is 5.82 Å². The van der Waals surface area contributed by atoms with Gasteiger partial charge < -0.3 is 10.6 Å². The van der Waals surface area contributed by atoms with Crippen LogP contribution in [0.5, 0.6) is 0 Å². The number of nitrogen functional groups attached to an aromatic ring is 1. The summed E-state index contributed by atoms with van der Waals surface area (Å²) in [5.74, 6) is -0.288. The third-order valence-electron chi connectivity index (χ3n) is 2.56. The van der Waals surface area contributed by atoms with E-state index in [1.165, 1.54) is 6.07 Å². The largest absolute Gasteiger partial charge is 0.397 e. The van der Waals surface area contributed by atoms with Crippen LogP contribution in [0, 0.1) is 5.82 Å². The summed E-state index contributed by atoms with van der Waals surface area (Å²) in [6.45, 7) is 0. The maximum absolute atomic E-state index is 13.6. The molecule has 0 spiro atoms. The Kier molecular flexibility index (Phi) is 3.20. The smallest absolute Gasteiger partial charge is 0.146 e. The second-order valence-corrected chi connectivity index (χ2v) is 4.15. The first-order valence-corrected chi connectivity index (χ1v) is 5.50. The molecule has 88 valence electrons. The summed E-state index contributed by atoms with van der Waals surface area (Å²) in [6, 6.07) is 11.7. The number of nitrogens with zero attached hydrogens (tertiary/aromatic N) is 1. The van der Waals surface area contributed by atoms with Crippen molar-refractivity contribution in [2.24, 2.45) is 0 Å². The van der Waals surface area contributed by atoms with Gasteiger partial charge in [-0.25, -0.2) is 4.39 Å². The summed E-state index contributed by atoms with van der Waals surface area (Å²) in [5, 5.41) is 0.563. The minimum absolute atomic E-state index is 0.288. The second kappa shape index (κ2) is 4.63. The first-order chi connectivity index (χ1) is 8.09. The van der Waals surface area contributed by atoms with Crippen LogP contribution in [0.15, 0.2) is 42.5 Å². The summed E-state index contributed by atoms with van der Waals surface area (Å²) in [7, 11) is 1.76. The molecule has 0 aliphatic carbocycles. The zero-order chi connectivity index (χ0) is 12.4. The number of halogens is 2. The first-order valence-electron chi connectivity index (χ1n) is 5.13. The maximum Gasteiger partial charge on any atom is 0.146 e. The molecule has 2 nitrogen and oxygen atoms in total. The average Bonchev–Trinajstić information content (AvgIpc) is 2.29. The molecule has 0 aliphatic heterocycles. The van der Waals surface area contributed by atoms with E-state index in [0.717, 1.165) is 5.69 Å². The summed E-state index contributed by atoms with van der Waals surface area (Å²) in [4.78, 5) is 1.70. The minimum Gasteiger partial charge on any atom is -0.397 e. The molecule has 2 N–H and O–H groups in total. The fourth-order valence-corrected chi connectivity index (χ4v) is 1.86. The Morgan fingerprint density at radius 3 is 2.47 bits per heavy atom. The lowest BCUT2D eigenvalue weighted by atomic mass is 10.2. The summed E-state index contributed by atoms with van der Waals surface area (Å²) < 4.78 is 13.6. The normalized spacial score (nSPS) is 10.3. The topological polar surface area (TPSA) is 29.3 Å². The molecule has 0 atom stereocenters. The Morgan fingerprint density at radius 2 is 1.82 bits per heavy atom. The number of benzene rings is 2. The molecule has 0 fully saturated rings. The van der Waals surface area contributed by atoms with Gasteiger partial charge in [0.05, 0.1) is 17.1 Å². The zero-order valence-electron chi connectivity index (χ0n) is 9.32. The van der Waals surface area contributed by atoms with Crippen LogP contribution < -0.4 is 10.6 Å². The highest BCUT2D eigenvalue weighted by Crippen LogP contribution is 2.31. The van der Waals surface area contributed by atoms with Gasteiger partial charge in [-0.3, -0.25) is 0 Å². The highest BCUT2D eigenvalue weighted by atomic mass is 35.5. The Balaban J connectivity index is 2.44. The van der Waals surface area contributed by atoms with E-state index < -0.39 is 0 Å². The van der Waals surface area contributed by atoms with Crippen molar-refractivity contribution in [3.8, 4) is 0 Å². The predicted molar refractivity (Wildman–Crippen MR) is 70.3 cm³/mol. The van der Waals surface area contributed by atoms with E-state index in [1.807, 2.05) is 0 Å². The molecule has 4 heteroatoms. The third-order valence-corrected chi connectivity index (χ3v) is 2.80. The lowest BCUT2D eigenvalue weighted by Crippen LogP contribution is -2.12. The van der Waals surface area contributed by atoms with Gasteiger partial charge >= 0.3 is 0 Å². The fourth-order valence-electron chi connectivity index (χ4n) is 1.68. The van der Waals surface area contributed by atoms with Gasteiger partial charge in [0.1, 0.15) is 5.82 Å². The van der Waals surface area contributed by atoms with Gasteiger partial charge in [-0.1, -0.05) is 23.7 Å². The van der Waals surface area contributed by atoms with Crippen LogP contribution in [0.4, 0.5) is 21.5 Å². The van der Waals surface area contributed by atoms with Gasteiger partial charge in [-0.2, -0.15) is 0 Å². The number of anilines is 3. The number of para-hydroxylation sites is 1. The first kappa shape index (κ1) is 11.7. The zero-order valence-corrected chi connectivity index (χ0v) is 10.1. The summed E-state index contributed by atoms with van der Waals surface area (Å²) >= 11 is 5.83. The molecule has 0 saturated heterocycles. The van der Waals surface area contributed by atoms with Crippen molar-refractivity contribution < 1.29 is 4.39 Å². The van der Waals surface area contributed by atoms with Gasteiger partial charge in [0.15, 0.2) is 0 Å². The van der Waals surface area contributed by atoms with E-state index in [9.17, 15) is 4.39 Å². The van der Waals surface area contributed by atoms with Gasteiger partial charge in [-0.15, -0.1) is 0 Å². The van der Waals surface area contributed by atoms with E-state index in [4.69, 9.17) is 17.3 Å². The summed E-state index contributed by atoms with van der Waals surface area (Å²) in [5.41, 5.74) is 7.57. The quantitative estimate of drug-likeness (QED) is 0.821. The van der Waals surface area contributed by atoms with Crippen LogP contribution in [0.3, 0.4) is 0 Å². The molecule has 0 aliphatic rings. The summed E-state index contributed by atoms with van der Waals surface area (Å²) in [6.07, 6.45) is 0.